The van der Waals surface area contributed by atoms with E-state index in [1.54, 1.807) is 26.0 Å². The van der Waals surface area contributed by atoms with E-state index in [-0.39, 0.29) is 5.91 Å². The fourth-order valence-electron chi connectivity index (χ4n) is 3.36. The van der Waals surface area contributed by atoms with Crippen molar-refractivity contribution in [3.8, 4) is 11.5 Å². The lowest BCUT2D eigenvalue weighted by Crippen LogP contribution is -2.37. The molecule has 1 heterocycles. The van der Waals surface area contributed by atoms with Crippen LogP contribution in [0.2, 0.25) is 0 Å². The van der Waals surface area contributed by atoms with E-state index < -0.39 is 0 Å². The summed E-state index contributed by atoms with van der Waals surface area (Å²) in [5, 5.41) is 10.7. The van der Waals surface area contributed by atoms with E-state index >= 15 is 0 Å². The standard InChI is InChI=1S/C25H32N6O2/c1-5-8-22-29-23(33-30-22)20-11-7-10-19(16-20)17-28-25(26-2)27-14-13-18-9-6-12-21(15-18)24(32)31(3)4/h6-7,9-12,15-16H,5,8,13-14,17H2,1-4H3,(H2,26,27,28). The molecule has 0 aliphatic rings. The quantitative estimate of drug-likeness (QED) is 0.385. The van der Waals surface area contributed by atoms with Crippen molar-refractivity contribution in [2.45, 2.75) is 32.7 Å². The molecule has 8 nitrogen and oxygen atoms in total. The van der Waals surface area contributed by atoms with Gasteiger partial charge in [-0.1, -0.05) is 36.3 Å². The predicted molar refractivity (Wildman–Crippen MR) is 130 cm³/mol. The van der Waals surface area contributed by atoms with Crippen molar-refractivity contribution in [3.63, 3.8) is 0 Å². The number of nitrogens with zero attached hydrogens (tertiary/aromatic N) is 4. The summed E-state index contributed by atoms with van der Waals surface area (Å²) in [6.07, 6.45) is 2.57. The van der Waals surface area contributed by atoms with Gasteiger partial charge in [0.05, 0.1) is 0 Å². The van der Waals surface area contributed by atoms with Gasteiger partial charge in [-0.2, -0.15) is 4.98 Å². The van der Waals surface area contributed by atoms with Crippen LogP contribution in [0.3, 0.4) is 0 Å². The van der Waals surface area contributed by atoms with Crippen LogP contribution in [0.5, 0.6) is 0 Å². The molecule has 174 valence electrons. The molecular weight excluding hydrogens is 416 g/mol. The van der Waals surface area contributed by atoms with Gasteiger partial charge in [0.25, 0.3) is 11.8 Å². The first kappa shape index (κ1) is 24.0. The number of hydrogen-bond donors (Lipinski definition) is 2. The van der Waals surface area contributed by atoms with Crippen LogP contribution in [0.1, 0.15) is 40.7 Å². The summed E-state index contributed by atoms with van der Waals surface area (Å²) in [4.78, 5) is 22.5. The van der Waals surface area contributed by atoms with Crippen LogP contribution in [-0.4, -0.2) is 54.6 Å². The summed E-state index contributed by atoms with van der Waals surface area (Å²) in [5.41, 5.74) is 3.78. The van der Waals surface area contributed by atoms with Crippen molar-refractivity contribution in [2.24, 2.45) is 4.99 Å². The summed E-state index contributed by atoms with van der Waals surface area (Å²) in [5.74, 6) is 1.99. The molecule has 0 radical (unpaired) electrons. The molecule has 0 fully saturated rings. The first-order chi connectivity index (χ1) is 16.0. The molecule has 3 rings (SSSR count). The van der Waals surface area contributed by atoms with Crippen molar-refractivity contribution in [1.29, 1.82) is 0 Å². The third kappa shape index (κ3) is 6.90. The van der Waals surface area contributed by atoms with Gasteiger partial charge in [0.2, 0.25) is 0 Å². The predicted octanol–water partition coefficient (Wildman–Crippen LogP) is 3.30. The van der Waals surface area contributed by atoms with Crippen molar-refractivity contribution in [3.05, 3.63) is 71.0 Å². The largest absolute Gasteiger partial charge is 0.356 e. The summed E-state index contributed by atoms with van der Waals surface area (Å²) in [7, 11) is 5.26. The zero-order chi connectivity index (χ0) is 23.6. The number of amides is 1. The number of hydrogen-bond acceptors (Lipinski definition) is 5. The van der Waals surface area contributed by atoms with Crippen molar-refractivity contribution in [1.82, 2.24) is 25.7 Å². The topological polar surface area (TPSA) is 95.7 Å². The third-order valence-corrected chi connectivity index (χ3v) is 5.09. The first-order valence-corrected chi connectivity index (χ1v) is 11.2. The van der Waals surface area contributed by atoms with Gasteiger partial charge in [-0.05, 0) is 48.2 Å². The second kappa shape index (κ2) is 11.8. The van der Waals surface area contributed by atoms with E-state index in [4.69, 9.17) is 4.52 Å². The Kier molecular flexibility index (Phi) is 8.57. The van der Waals surface area contributed by atoms with Crippen LogP contribution in [0, 0.1) is 0 Å². The minimum atomic E-state index is 0.00614. The molecule has 0 saturated carbocycles. The third-order valence-electron chi connectivity index (χ3n) is 5.09. The normalized spacial score (nSPS) is 11.3. The molecule has 0 spiro atoms. The molecule has 2 aromatic carbocycles. The Morgan fingerprint density at radius 2 is 1.85 bits per heavy atom. The van der Waals surface area contributed by atoms with E-state index in [0.29, 0.717) is 30.5 Å². The molecule has 33 heavy (non-hydrogen) atoms. The van der Waals surface area contributed by atoms with Crippen molar-refractivity contribution >= 4 is 11.9 Å². The second-order valence-corrected chi connectivity index (χ2v) is 7.97. The smallest absolute Gasteiger partial charge is 0.257 e. The highest BCUT2D eigenvalue weighted by Crippen LogP contribution is 2.19. The lowest BCUT2D eigenvalue weighted by atomic mass is 10.1. The first-order valence-electron chi connectivity index (χ1n) is 11.2. The number of aliphatic imine (C=N–C) groups is 1. The van der Waals surface area contributed by atoms with Gasteiger partial charge >= 0.3 is 0 Å². The SMILES string of the molecule is CCCc1noc(-c2cccc(CNC(=NC)NCCc3cccc(C(=O)N(C)C)c3)c2)n1. The Morgan fingerprint density at radius 3 is 2.61 bits per heavy atom. The van der Waals surface area contributed by atoms with Crippen LogP contribution in [-0.2, 0) is 19.4 Å². The number of carbonyl (C=O) groups is 1. The van der Waals surface area contributed by atoms with Gasteiger partial charge in [0.15, 0.2) is 11.8 Å². The van der Waals surface area contributed by atoms with Gasteiger partial charge < -0.3 is 20.1 Å². The molecule has 0 aliphatic heterocycles. The zero-order valence-electron chi connectivity index (χ0n) is 19.8. The van der Waals surface area contributed by atoms with Crippen molar-refractivity contribution < 1.29 is 9.32 Å². The number of carbonyl (C=O) groups excluding carboxylic acids is 1. The Balaban J connectivity index is 1.52. The van der Waals surface area contributed by atoms with Gasteiger partial charge in [-0.15, -0.1) is 0 Å². The lowest BCUT2D eigenvalue weighted by molar-refractivity contribution is 0.0827. The average Bonchev–Trinajstić information content (AvgIpc) is 3.30. The molecule has 0 aliphatic carbocycles. The lowest BCUT2D eigenvalue weighted by Gasteiger charge is -2.13. The molecule has 2 N–H and O–H groups in total. The Hall–Kier alpha value is -3.68. The van der Waals surface area contributed by atoms with Crippen LogP contribution in [0.4, 0.5) is 0 Å². The molecule has 3 aromatic rings. The van der Waals surface area contributed by atoms with Crippen LogP contribution in [0.15, 0.2) is 58.0 Å². The van der Waals surface area contributed by atoms with Gasteiger partial charge in [0, 0.05) is 51.8 Å². The monoisotopic (exact) mass is 448 g/mol. The molecule has 8 heteroatoms. The number of guanidine groups is 1. The Morgan fingerprint density at radius 1 is 1.06 bits per heavy atom. The highest BCUT2D eigenvalue weighted by molar-refractivity contribution is 5.94. The minimum absolute atomic E-state index is 0.00614. The Bertz CT molecular complexity index is 1090. The maximum Gasteiger partial charge on any atom is 0.257 e. The summed E-state index contributed by atoms with van der Waals surface area (Å²) in [6, 6.07) is 15.8. The Labute approximate surface area is 195 Å². The number of aryl methyl sites for hydroxylation is 1. The number of aromatic nitrogens is 2. The van der Waals surface area contributed by atoms with E-state index in [1.165, 1.54) is 0 Å². The van der Waals surface area contributed by atoms with Gasteiger partial charge in [-0.3, -0.25) is 9.79 Å². The summed E-state index contributed by atoms with van der Waals surface area (Å²) >= 11 is 0. The molecular formula is C25H32N6O2. The maximum absolute atomic E-state index is 12.2. The molecule has 0 saturated heterocycles. The van der Waals surface area contributed by atoms with Crippen molar-refractivity contribution in [2.75, 3.05) is 27.7 Å². The highest BCUT2D eigenvalue weighted by atomic mass is 16.5. The molecule has 1 amide bonds. The van der Waals surface area contributed by atoms with E-state index in [9.17, 15) is 4.79 Å². The zero-order valence-corrected chi connectivity index (χ0v) is 19.8. The highest BCUT2D eigenvalue weighted by Gasteiger charge is 2.10. The van der Waals surface area contributed by atoms with Crippen LogP contribution < -0.4 is 10.6 Å². The summed E-state index contributed by atoms with van der Waals surface area (Å²) in [6.45, 7) is 3.39. The van der Waals surface area contributed by atoms with Gasteiger partial charge in [0.1, 0.15) is 0 Å². The minimum Gasteiger partial charge on any atom is -0.356 e. The molecule has 1 aromatic heterocycles. The summed E-state index contributed by atoms with van der Waals surface area (Å²) < 4.78 is 5.39. The average molecular weight is 449 g/mol. The van der Waals surface area contributed by atoms with Crippen LogP contribution in [0.25, 0.3) is 11.5 Å². The van der Waals surface area contributed by atoms with Gasteiger partial charge in [-0.25, -0.2) is 0 Å². The number of benzene rings is 2. The van der Waals surface area contributed by atoms with E-state index in [1.807, 2.05) is 48.5 Å². The molecule has 0 atom stereocenters. The van der Waals surface area contributed by atoms with Crippen LogP contribution >= 0.6 is 0 Å². The number of rotatable bonds is 9. The van der Waals surface area contributed by atoms with E-state index in [2.05, 4.69) is 32.7 Å². The molecule has 0 unspecified atom stereocenters. The second-order valence-electron chi connectivity index (χ2n) is 7.97. The maximum atomic E-state index is 12.2. The fraction of sp³-hybridized carbons (Fsp3) is 0.360. The molecule has 0 bridgehead atoms. The number of nitrogens with one attached hydrogen (secondary N) is 2. The van der Waals surface area contributed by atoms with E-state index in [0.717, 1.165) is 41.8 Å². The fourth-order valence-corrected chi connectivity index (χ4v) is 3.36.